The Hall–Kier alpha value is -3.25. The lowest BCUT2D eigenvalue weighted by molar-refractivity contribution is -0.139. The summed E-state index contributed by atoms with van der Waals surface area (Å²) in [6.45, 7) is 1.87. The Morgan fingerprint density at radius 2 is 1.89 bits per heavy atom. The van der Waals surface area contributed by atoms with Gasteiger partial charge in [0.25, 0.3) is 0 Å². The molecule has 0 radical (unpaired) electrons. The summed E-state index contributed by atoms with van der Waals surface area (Å²) in [4.78, 5) is 20.9. The van der Waals surface area contributed by atoms with Gasteiger partial charge in [0.05, 0.1) is 10.2 Å². The predicted octanol–water partition coefficient (Wildman–Crippen LogP) is 5.02. The third kappa shape index (κ3) is 3.96. The zero-order valence-electron chi connectivity index (χ0n) is 14.6. The average molecular weight is 376 g/mol. The molecule has 27 heavy (non-hydrogen) atoms. The molecule has 0 spiro atoms. The molecule has 4 aromatic rings. The van der Waals surface area contributed by atoms with Crippen molar-refractivity contribution in [1.29, 1.82) is 0 Å². The second-order valence-electron chi connectivity index (χ2n) is 5.85. The monoisotopic (exact) mass is 376 g/mol. The van der Waals surface area contributed by atoms with Crippen LogP contribution in [0.25, 0.3) is 27.7 Å². The number of hydrogen-bond acceptors (Lipinski definition) is 6. The first-order valence-corrected chi connectivity index (χ1v) is 9.23. The van der Waals surface area contributed by atoms with Crippen molar-refractivity contribution in [2.75, 3.05) is 0 Å². The highest BCUT2D eigenvalue weighted by Gasteiger charge is 2.12. The van der Waals surface area contributed by atoms with E-state index in [1.54, 1.807) is 13.0 Å². The topological polar surface area (TPSA) is 65.2 Å². The molecular formula is C21H16N2O3S. The lowest BCUT2D eigenvalue weighted by Crippen LogP contribution is -2.02. The van der Waals surface area contributed by atoms with E-state index in [2.05, 4.69) is 9.97 Å². The number of aryl methyl sites for hydroxylation is 1. The summed E-state index contributed by atoms with van der Waals surface area (Å²) in [5.74, 6) is 0.707. The maximum atomic E-state index is 12.0. The quantitative estimate of drug-likeness (QED) is 0.362. The van der Waals surface area contributed by atoms with E-state index in [0.717, 1.165) is 20.8 Å². The van der Waals surface area contributed by atoms with E-state index in [0.29, 0.717) is 17.3 Å². The summed E-state index contributed by atoms with van der Waals surface area (Å²) in [6.07, 6.45) is 3.04. The molecule has 0 aliphatic rings. The van der Waals surface area contributed by atoms with Crippen LogP contribution in [-0.2, 0) is 16.1 Å². The maximum Gasteiger partial charge on any atom is 0.331 e. The zero-order valence-corrected chi connectivity index (χ0v) is 15.4. The van der Waals surface area contributed by atoms with E-state index in [9.17, 15) is 4.79 Å². The minimum Gasteiger partial charge on any atom is -0.456 e. The van der Waals surface area contributed by atoms with E-state index in [-0.39, 0.29) is 6.61 Å². The van der Waals surface area contributed by atoms with Crippen molar-refractivity contribution in [3.8, 4) is 11.5 Å². The molecule has 2 aromatic carbocycles. The highest BCUT2D eigenvalue weighted by atomic mass is 32.1. The molecule has 0 fully saturated rings. The Morgan fingerprint density at radius 3 is 2.70 bits per heavy atom. The average Bonchev–Trinajstić information content (AvgIpc) is 3.28. The molecule has 0 unspecified atom stereocenters. The number of oxazole rings is 1. The summed E-state index contributed by atoms with van der Waals surface area (Å²) in [6, 6.07) is 17.5. The fourth-order valence-electron chi connectivity index (χ4n) is 2.55. The minimum absolute atomic E-state index is 0.0607. The molecule has 0 aliphatic carbocycles. The fraction of sp³-hybridized carbons (Fsp3) is 0.0952. The van der Waals surface area contributed by atoms with Crippen LogP contribution in [-0.4, -0.2) is 15.9 Å². The number of nitrogens with zero attached hydrogens (tertiary/aromatic N) is 2. The van der Waals surface area contributed by atoms with Crippen LogP contribution in [0.15, 0.2) is 65.1 Å². The summed E-state index contributed by atoms with van der Waals surface area (Å²) >= 11 is 1.52. The van der Waals surface area contributed by atoms with Crippen molar-refractivity contribution in [1.82, 2.24) is 9.97 Å². The lowest BCUT2D eigenvalue weighted by Gasteiger charge is -1.98. The van der Waals surface area contributed by atoms with Gasteiger partial charge in [0, 0.05) is 11.6 Å². The molecule has 2 heterocycles. The highest BCUT2D eigenvalue weighted by Crippen LogP contribution is 2.23. The van der Waals surface area contributed by atoms with Crippen LogP contribution in [0, 0.1) is 6.92 Å². The number of hydrogen-bond donors (Lipinski definition) is 0. The molecule has 5 nitrogen and oxygen atoms in total. The van der Waals surface area contributed by atoms with Crippen LogP contribution in [0.2, 0.25) is 0 Å². The summed E-state index contributed by atoms with van der Waals surface area (Å²) in [5, 5.41) is 0.761. The number of rotatable bonds is 5. The van der Waals surface area contributed by atoms with Crippen LogP contribution in [0.4, 0.5) is 0 Å². The van der Waals surface area contributed by atoms with Crippen LogP contribution in [0.1, 0.15) is 16.5 Å². The van der Waals surface area contributed by atoms with Gasteiger partial charge in [0.2, 0.25) is 5.89 Å². The van der Waals surface area contributed by atoms with E-state index < -0.39 is 5.97 Å². The number of fused-ring (bicyclic) bond motifs is 1. The van der Waals surface area contributed by atoms with E-state index >= 15 is 0 Å². The molecule has 4 rings (SSSR count). The summed E-state index contributed by atoms with van der Waals surface area (Å²) in [7, 11) is 0. The second kappa shape index (κ2) is 7.55. The number of para-hydroxylation sites is 1. The molecule has 134 valence electrons. The lowest BCUT2D eigenvalue weighted by atomic mass is 10.2. The van der Waals surface area contributed by atoms with E-state index in [1.165, 1.54) is 17.4 Å². The van der Waals surface area contributed by atoms with Crippen molar-refractivity contribution >= 4 is 33.6 Å². The molecule has 0 saturated heterocycles. The Morgan fingerprint density at radius 1 is 1.11 bits per heavy atom. The Labute approximate surface area is 160 Å². The number of carbonyl (C=O) groups is 1. The highest BCUT2D eigenvalue weighted by molar-refractivity contribution is 7.19. The summed E-state index contributed by atoms with van der Waals surface area (Å²) in [5.41, 5.74) is 2.41. The minimum atomic E-state index is -0.446. The van der Waals surface area contributed by atoms with Gasteiger partial charge in [-0.2, -0.15) is 0 Å². The van der Waals surface area contributed by atoms with Crippen LogP contribution >= 0.6 is 11.3 Å². The number of carbonyl (C=O) groups excluding carboxylic acids is 1. The SMILES string of the molecule is Cc1oc(-c2ccccc2)nc1COC(=O)/C=C/c1nc2ccccc2s1. The maximum absolute atomic E-state index is 12.0. The van der Waals surface area contributed by atoms with Crippen molar-refractivity contribution in [2.24, 2.45) is 0 Å². The third-order valence-electron chi connectivity index (χ3n) is 3.94. The molecule has 0 aliphatic heterocycles. The van der Waals surface area contributed by atoms with Gasteiger partial charge in [-0.15, -0.1) is 11.3 Å². The molecule has 2 aromatic heterocycles. The van der Waals surface area contributed by atoms with E-state index in [1.807, 2.05) is 54.6 Å². The summed E-state index contributed by atoms with van der Waals surface area (Å²) < 4.78 is 12.0. The molecule has 0 amide bonds. The van der Waals surface area contributed by atoms with Gasteiger partial charge >= 0.3 is 5.97 Å². The van der Waals surface area contributed by atoms with Gasteiger partial charge in [0.1, 0.15) is 23.1 Å². The Kier molecular flexibility index (Phi) is 4.80. The van der Waals surface area contributed by atoms with Gasteiger partial charge < -0.3 is 9.15 Å². The Balaban J connectivity index is 1.40. The molecule has 6 heteroatoms. The smallest absolute Gasteiger partial charge is 0.331 e. The van der Waals surface area contributed by atoms with Gasteiger partial charge in [-0.25, -0.2) is 14.8 Å². The van der Waals surface area contributed by atoms with Crippen molar-refractivity contribution in [3.63, 3.8) is 0 Å². The first-order valence-electron chi connectivity index (χ1n) is 8.41. The number of ether oxygens (including phenoxy) is 1. The van der Waals surface area contributed by atoms with Gasteiger partial charge in [0.15, 0.2) is 0 Å². The normalized spacial score (nSPS) is 11.3. The van der Waals surface area contributed by atoms with Crippen molar-refractivity contribution < 1.29 is 13.9 Å². The van der Waals surface area contributed by atoms with Gasteiger partial charge in [-0.05, 0) is 37.3 Å². The van der Waals surface area contributed by atoms with Gasteiger partial charge in [-0.3, -0.25) is 0 Å². The van der Waals surface area contributed by atoms with Crippen molar-refractivity contribution in [2.45, 2.75) is 13.5 Å². The fourth-order valence-corrected chi connectivity index (χ4v) is 3.42. The first-order chi connectivity index (χ1) is 13.2. The van der Waals surface area contributed by atoms with Crippen LogP contribution in [0.5, 0.6) is 0 Å². The molecule has 0 saturated carbocycles. The van der Waals surface area contributed by atoms with Crippen LogP contribution < -0.4 is 0 Å². The zero-order chi connectivity index (χ0) is 18.6. The Bertz CT molecular complexity index is 1080. The van der Waals surface area contributed by atoms with Crippen LogP contribution in [0.3, 0.4) is 0 Å². The number of esters is 1. The third-order valence-corrected chi connectivity index (χ3v) is 4.94. The second-order valence-corrected chi connectivity index (χ2v) is 6.91. The number of aromatic nitrogens is 2. The standard InChI is InChI=1S/C21H16N2O3S/c1-14-17(23-21(26-14)15-7-3-2-4-8-15)13-25-20(24)12-11-19-22-16-9-5-6-10-18(16)27-19/h2-12H,13H2,1H3/b12-11+. The molecular weight excluding hydrogens is 360 g/mol. The molecule has 0 bridgehead atoms. The van der Waals surface area contributed by atoms with Crippen molar-refractivity contribution in [3.05, 3.63) is 77.1 Å². The van der Waals surface area contributed by atoms with Gasteiger partial charge in [-0.1, -0.05) is 30.3 Å². The number of benzene rings is 2. The van der Waals surface area contributed by atoms with E-state index in [4.69, 9.17) is 9.15 Å². The largest absolute Gasteiger partial charge is 0.456 e. The number of thiazole rings is 1. The molecule has 0 atom stereocenters. The predicted molar refractivity (Wildman–Crippen MR) is 105 cm³/mol. The first kappa shape index (κ1) is 17.2. The molecule has 0 N–H and O–H groups in total.